The third-order valence-corrected chi connectivity index (χ3v) is 6.27. The first-order valence-corrected chi connectivity index (χ1v) is 11.7. The van der Waals surface area contributed by atoms with Crippen LogP contribution in [0.5, 0.6) is 0 Å². The van der Waals surface area contributed by atoms with Crippen molar-refractivity contribution in [3.05, 3.63) is 81.5 Å². The van der Waals surface area contributed by atoms with Gasteiger partial charge in [-0.05, 0) is 75.5 Å². The van der Waals surface area contributed by atoms with E-state index >= 15 is 0 Å². The largest absolute Gasteiger partial charge is 0.346 e. The molecule has 1 fully saturated rings. The van der Waals surface area contributed by atoms with E-state index in [-0.39, 0.29) is 17.5 Å². The van der Waals surface area contributed by atoms with Gasteiger partial charge in [0.1, 0.15) is 5.82 Å². The molecule has 7 heteroatoms. The van der Waals surface area contributed by atoms with Crippen molar-refractivity contribution in [1.82, 2.24) is 19.2 Å². The average Bonchev–Trinajstić information content (AvgIpc) is 3.09. The highest BCUT2D eigenvalue weighted by Crippen LogP contribution is 2.26. The van der Waals surface area contributed by atoms with Crippen LogP contribution in [0.2, 0.25) is 0 Å². The number of carbonyl (C=O) groups excluding carboxylic acids is 1. The van der Waals surface area contributed by atoms with E-state index in [2.05, 4.69) is 16.3 Å². The fraction of sp³-hybridized carbons (Fsp3) is 0.423. The molecule has 1 aromatic heterocycles. The van der Waals surface area contributed by atoms with Crippen molar-refractivity contribution >= 4 is 11.6 Å². The van der Waals surface area contributed by atoms with Crippen LogP contribution >= 0.6 is 0 Å². The number of likely N-dealkylation sites (tertiary alicyclic amines) is 1. The molecule has 1 aliphatic rings. The highest BCUT2D eigenvalue weighted by molar-refractivity contribution is 5.92. The average molecular weight is 448 g/mol. The van der Waals surface area contributed by atoms with E-state index in [0.29, 0.717) is 19.6 Å². The van der Waals surface area contributed by atoms with E-state index in [1.54, 1.807) is 9.25 Å². The van der Waals surface area contributed by atoms with Crippen molar-refractivity contribution in [2.45, 2.75) is 52.6 Å². The number of anilines is 1. The molecule has 1 N–H and O–H groups in total. The minimum absolute atomic E-state index is 0.0102. The Morgan fingerprint density at radius 2 is 1.73 bits per heavy atom. The fourth-order valence-electron chi connectivity index (χ4n) is 4.72. The van der Waals surface area contributed by atoms with Gasteiger partial charge in [-0.3, -0.25) is 14.3 Å². The fourth-order valence-corrected chi connectivity index (χ4v) is 4.72. The number of carbonyl (C=O) groups is 1. The van der Waals surface area contributed by atoms with Gasteiger partial charge in [0, 0.05) is 18.2 Å². The van der Waals surface area contributed by atoms with Crippen LogP contribution in [-0.2, 0) is 17.9 Å². The van der Waals surface area contributed by atoms with E-state index in [9.17, 15) is 9.59 Å². The predicted molar refractivity (Wildman–Crippen MR) is 131 cm³/mol. The third-order valence-electron chi connectivity index (χ3n) is 6.27. The summed E-state index contributed by atoms with van der Waals surface area (Å²) in [6, 6.07) is 16.0. The normalized spacial score (nSPS) is 15.0. The number of aromatic nitrogens is 3. The van der Waals surface area contributed by atoms with Crippen molar-refractivity contribution in [3.63, 3.8) is 0 Å². The SMILES string of the molecule is CCn1c(C2CCN(CC(=O)Nc3cc(C)cc(C)c3)CC2)nn(Cc2ccccc2)c1=O. The molecular weight excluding hydrogens is 414 g/mol. The van der Waals surface area contributed by atoms with Crippen molar-refractivity contribution in [1.29, 1.82) is 0 Å². The van der Waals surface area contributed by atoms with Gasteiger partial charge in [0.25, 0.3) is 0 Å². The van der Waals surface area contributed by atoms with E-state index < -0.39 is 0 Å². The zero-order chi connectivity index (χ0) is 23.4. The molecule has 0 spiro atoms. The van der Waals surface area contributed by atoms with Gasteiger partial charge in [0.15, 0.2) is 0 Å². The van der Waals surface area contributed by atoms with Crippen LogP contribution < -0.4 is 11.0 Å². The molecule has 1 amide bonds. The molecular formula is C26H33N5O2. The lowest BCUT2D eigenvalue weighted by molar-refractivity contribution is -0.117. The molecule has 1 aliphatic heterocycles. The summed E-state index contributed by atoms with van der Waals surface area (Å²) in [5, 5.41) is 7.75. The molecule has 0 unspecified atom stereocenters. The molecule has 0 bridgehead atoms. The Hall–Kier alpha value is -3.19. The Bertz CT molecular complexity index is 1140. The zero-order valence-corrected chi connectivity index (χ0v) is 19.8. The minimum Gasteiger partial charge on any atom is -0.325 e. The first-order chi connectivity index (χ1) is 15.9. The third kappa shape index (κ3) is 5.60. The number of hydrogen-bond donors (Lipinski definition) is 1. The van der Waals surface area contributed by atoms with Crippen LogP contribution in [0.25, 0.3) is 0 Å². The second-order valence-electron chi connectivity index (χ2n) is 9.00. The molecule has 0 radical (unpaired) electrons. The van der Waals surface area contributed by atoms with E-state index in [1.807, 2.05) is 63.2 Å². The maximum atomic E-state index is 12.9. The molecule has 0 aliphatic carbocycles. The number of nitrogens with zero attached hydrogens (tertiary/aromatic N) is 4. The quantitative estimate of drug-likeness (QED) is 0.601. The van der Waals surface area contributed by atoms with E-state index in [0.717, 1.165) is 54.1 Å². The molecule has 2 aromatic carbocycles. The van der Waals surface area contributed by atoms with Gasteiger partial charge in [-0.1, -0.05) is 36.4 Å². The topological polar surface area (TPSA) is 72.2 Å². The number of benzene rings is 2. The number of amides is 1. The number of nitrogens with one attached hydrogen (secondary N) is 1. The number of rotatable bonds is 7. The zero-order valence-electron chi connectivity index (χ0n) is 19.8. The Morgan fingerprint density at radius 3 is 2.36 bits per heavy atom. The molecule has 4 rings (SSSR count). The van der Waals surface area contributed by atoms with Crippen molar-refractivity contribution in [2.75, 3.05) is 25.0 Å². The van der Waals surface area contributed by atoms with Gasteiger partial charge >= 0.3 is 5.69 Å². The van der Waals surface area contributed by atoms with Gasteiger partial charge in [-0.2, -0.15) is 5.10 Å². The molecule has 7 nitrogen and oxygen atoms in total. The highest BCUT2D eigenvalue weighted by Gasteiger charge is 2.27. The van der Waals surface area contributed by atoms with Crippen LogP contribution in [-0.4, -0.2) is 44.8 Å². The summed E-state index contributed by atoms with van der Waals surface area (Å²) in [6.07, 6.45) is 1.78. The van der Waals surface area contributed by atoms with Gasteiger partial charge < -0.3 is 5.32 Å². The molecule has 3 aromatic rings. The number of piperidine rings is 1. The van der Waals surface area contributed by atoms with Gasteiger partial charge in [0.2, 0.25) is 5.91 Å². The first kappa shape index (κ1) is 23.0. The van der Waals surface area contributed by atoms with E-state index in [1.165, 1.54) is 0 Å². The van der Waals surface area contributed by atoms with Crippen LogP contribution in [0.3, 0.4) is 0 Å². The predicted octanol–water partition coefficient (Wildman–Crippen LogP) is 3.55. The van der Waals surface area contributed by atoms with Crippen molar-refractivity contribution in [3.8, 4) is 0 Å². The maximum Gasteiger partial charge on any atom is 0.346 e. The monoisotopic (exact) mass is 447 g/mol. The molecule has 1 saturated heterocycles. The Balaban J connectivity index is 1.37. The van der Waals surface area contributed by atoms with Crippen LogP contribution in [0.15, 0.2) is 53.3 Å². The van der Waals surface area contributed by atoms with E-state index in [4.69, 9.17) is 5.10 Å². The lowest BCUT2D eigenvalue weighted by Gasteiger charge is -2.31. The van der Waals surface area contributed by atoms with Gasteiger partial charge in [0.05, 0.1) is 13.1 Å². The maximum absolute atomic E-state index is 12.9. The van der Waals surface area contributed by atoms with Gasteiger partial charge in [-0.25, -0.2) is 9.48 Å². The summed E-state index contributed by atoms with van der Waals surface area (Å²) in [7, 11) is 0. The van der Waals surface area contributed by atoms with Crippen LogP contribution in [0.1, 0.15) is 48.2 Å². The summed E-state index contributed by atoms with van der Waals surface area (Å²) in [5.74, 6) is 1.11. The van der Waals surface area contributed by atoms with Crippen molar-refractivity contribution in [2.24, 2.45) is 0 Å². The summed E-state index contributed by atoms with van der Waals surface area (Å²) >= 11 is 0. The lowest BCUT2D eigenvalue weighted by atomic mass is 9.96. The summed E-state index contributed by atoms with van der Waals surface area (Å²) in [5.41, 5.74) is 4.14. The Morgan fingerprint density at radius 1 is 1.06 bits per heavy atom. The van der Waals surface area contributed by atoms with Crippen LogP contribution in [0, 0.1) is 13.8 Å². The molecule has 2 heterocycles. The molecule has 0 atom stereocenters. The standard InChI is InChI=1S/C26H33N5O2/c1-4-30-25(28-31(26(30)33)17-21-8-6-5-7-9-21)22-10-12-29(13-11-22)18-24(32)27-23-15-19(2)14-20(3)16-23/h5-9,14-16,22H,4,10-13,17-18H2,1-3H3,(H,27,32). The summed E-state index contributed by atoms with van der Waals surface area (Å²) < 4.78 is 3.38. The summed E-state index contributed by atoms with van der Waals surface area (Å²) in [6.45, 7) is 9.16. The number of hydrogen-bond acceptors (Lipinski definition) is 4. The Labute approximate surface area is 195 Å². The van der Waals surface area contributed by atoms with Crippen LogP contribution in [0.4, 0.5) is 5.69 Å². The Kier molecular flexibility index (Phi) is 7.08. The second kappa shape index (κ2) is 10.2. The smallest absolute Gasteiger partial charge is 0.325 e. The number of aryl methyl sites for hydroxylation is 2. The minimum atomic E-state index is -0.0494. The van der Waals surface area contributed by atoms with Gasteiger partial charge in [-0.15, -0.1) is 0 Å². The lowest BCUT2D eigenvalue weighted by Crippen LogP contribution is -2.39. The highest BCUT2D eigenvalue weighted by atomic mass is 16.2. The molecule has 0 saturated carbocycles. The molecule has 174 valence electrons. The van der Waals surface area contributed by atoms with Crippen molar-refractivity contribution < 1.29 is 4.79 Å². The molecule has 33 heavy (non-hydrogen) atoms. The first-order valence-electron chi connectivity index (χ1n) is 11.7. The second-order valence-corrected chi connectivity index (χ2v) is 9.00. The summed E-state index contributed by atoms with van der Waals surface area (Å²) in [4.78, 5) is 27.6.